The van der Waals surface area contributed by atoms with E-state index in [9.17, 15) is 4.39 Å². The Labute approximate surface area is 123 Å². The number of nitrogens with two attached hydrogens (primary N) is 1. The molecule has 1 aliphatic rings. The first-order valence-corrected chi connectivity index (χ1v) is 7.82. The van der Waals surface area contributed by atoms with Crippen molar-refractivity contribution in [1.82, 2.24) is 4.90 Å². The number of nitrogens with zero attached hydrogens (tertiary/aromatic N) is 1. The lowest BCUT2D eigenvalue weighted by molar-refractivity contribution is 0.149. The quantitative estimate of drug-likeness (QED) is 0.913. The summed E-state index contributed by atoms with van der Waals surface area (Å²) in [7, 11) is 0. The van der Waals surface area contributed by atoms with Crippen LogP contribution in [0.15, 0.2) is 22.7 Å². The van der Waals surface area contributed by atoms with Gasteiger partial charge in [-0.2, -0.15) is 0 Å². The van der Waals surface area contributed by atoms with Gasteiger partial charge >= 0.3 is 0 Å². The third-order valence-electron chi connectivity index (χ3n) is 3.97. The van der Waals surface area contributed by atoms with E-state index in [2.05, 4.69) is 27.8 Å². The normalized spacial score (nSPS) is 23.8. The summed E-state index contributed by atoms with van der Waals surface area (Å²) < 4.78 is 14.2. The molecule has 2 N–H and O–H groups in total. The molecule has 0 aromatic heterocycles. The molecule has 1 aliphatic carbocycles. The van der Waals surface area contributed by atoms with Crippen LogP contribution in [-0.2, 0) is 6.54 Å². The Morgan fingerprint density at radius 1 is 1.26 bits per heavy atom. The third-order valence-corrected chi connectivity index (χ3v) is 4.43. The fourth-order valence-electron chi connectivity index (χ4n) is 2.90. The van der Waals surface area contributed by atoms with E-state index in [-0.39, 0.29) is 5.82 Å². The Morgan fingerprint density at radius 2 is 1.95 bits per heavy atom. The van der Waals surface area contributed by atoms with Crippen LogP contribution >= 0.6 is 15.9 Å². The second-order valence-electron chi connectivity index (χ2n) is 5.41. The van der Waals surface area contributed by atoms with Gasteiger partial charge in [-0.1, -0.05) is 22.9 Å². The molecule has 0 amide bonds. The maximum Gasteiger partial charge on any atom is 0.124 e. The van der Waals surface area contributed by atoms with E-state index in [1.807, 2.05) is 6.07 Å². The molecule has 1 aromatic carbocycles. The van der Waals surface area contributed by atoms with Crippen LogP contribution in [0, 0.1) is 5.82 Å². The molecule has 0 heterocycles. The second-order valence-corrected chi connectivity index (χ2v) is 6.33. The molecule has 0 saturated heterocycles. The summed E-state index contributed by atoms with van der Waals surface area (Å²) in [6, 6.07) is 6.09. The lowest BCUT2D eigenvalue weighted by Gasteiger charge is -2.35. The second kappa shape index (κ2) is 6.82. The van der Waals surface area contributed by atoms with Crippen molar-refractivity contribution in [3.63, 3.8) is 0 Å². The van der Waals surface area contributed by atoms with Gasteiger partial charge in [-0.15, -0.1) is 0 Å². The summed E-state index contributed by atoms with van der Waals surface area (Å²) >= 11 is 3.35. The SMILES string of the molecule is CCN(Cc1cc(F)cc(Br)c1)C1CCC(N)CC1. The number of hydrogen-bond donors (Lipinski definition) is 1. The van der Waals surface area contributed by atoms with Crippen molar-refractivity contribution in [3.05, 3.63) is 34.1 Å². The maximum absolute atomic E-state index is 13.4. The highest BCUT2D eigenvalue weighted by atomic mass is 79.9. The van der Waals surface area contributed by atoms with Crippen LogP contribution in [0.2, 0.25) is 0 Å². The third kappa shape index (κ3) is 4.26. The molecule has 0 radical (unpaired) electrons. The summed E-state index contributed by atoms with van der Waals surface area (Å²) in [6.45, 7) is 3.98. The molecule has 4 heteroatoms. The van der Waals surface area contributed by atoms with E-state index < -0.39 is 0 Å². The van der Waals surface area contributed by atoms with Crippen molar-refractivity contribution >= 4 is 15.9 Å². The summed E-state index contributed by atoms with van der Waals surface area (Å²) in [5.74, 6) is -0.175. The first-order chi connectivity index (χ1) is 9.08. The van der Waals surface area contributed by atoms with Crippen molar-refractivity contribution in [2.45, 2.75) is 51.2 Å². The molecule has 2 nitrogen and oxygen atoms in total. The lowest BCUT2D eigenvalue weighted by atomic mass is 9.90. The van der Waals surface area contributed by atoms with Crippen LogP contribution in [0.25, 0.3) is 0 Å². The standard InChI is InChI=1S/C15H22BrFN2/c1-2-19(15-5-3-14(18)4-6-15)10-11-7-12(16)9-13(17)8-11/h7-9,14-15H,2-6,10,18H2,1H3. The van der Waals surface area contributed by atoms with Crippen LogP contribution in [0.3, 0.4) is 0 Å². The molecular formula is C15H22BrFN2. The van der Waals surface area contributed by atoms with Gasteiger partial charge in [-0.3, -0.25) is 4.90 Å². The molecule has 1 saturated carbocycles. The van der Waals surface area contributed by atoms with E-state index in [4.69, 9.17) is 5.73 Å². The number of benzene rings is 1. The molecule has 1 aromatic rings. The van der Waals surface area contributed by atoms with E-state index in [1.54, 1.807) is 6.07 Å². The molecule has 2 rings (SSSR count). The Kier molecular flexibility index (Phi) is 5.37. The van der Waals surface area contributed by atoms with Crippen LogP contribution in [0.1, 0.15) is 38.2 Å². The molecule has 0 atom stereocenters. The Morgan fingerprint density at radius 3 is 2.53 bits per heavy atom. The smallest absolute Gasteiger partial charge is 0.124 e. The monoisotopic (exact) mass is 328 g/mol. The first kappa shape index (κ1) is 14.9. The van der Waals surface area contributed by atoms with Crippen LogP contribution in [0.5, 0.6) is 0 Å². The zero-order chi connectivity index (χ0) is 13.8. The lowest BCUT2D eigenvalue weighted by Crippen LogP contribution is -2.40. The Bertz CT molecular complexity index is 396. The van der Waals surface area contributed by atoms with Gasteiger partial charge in [0.2, 0.25) is 0 Å². The molecule has 0 bridgehead atoms. The van der Waals surface area contributed by atoms with E-state index in [0.717, 1.165) is 48.8 Å². The van der Waals surface area contributed by atoms with Crippen LogP contribution in [-0.4, -0.2) is 23.5 Å². The topological polar surface area (TPSA) is 29.3 Å². The average molecular weight is 329 g/mol. The van der Waals surface area contributed by atoms with Gasteiger partial charge < -0.3 is 5.73 Å². The van der Waals surface area contributed by atoms with E-state index in [1.165, 1.54) is 6.07 Å². The largest absolute Gasteiger partial charge is 0.328 e. The summed E-state index contributed by atoms with van der Waals surface area (Å²) in [5, 5.41) is 0. The molecule has 19 heavy (non-hydrogen) atoms. The van der Waals surface area contributed by atoms with Gasteiger partial charge in [-0.05, 0) is 56.0 Å². The molecule has 0 spiro atoms. The zero-order valence-electron chi connectivity index (χ0n) is 11.4. The van der Waals surface area contributed by atoms with Gasteiger partial charge in [0, 0.05) is 23.1 Å². The highest BCUT2D eigenvalue weighted by molar-refractivity contribution is 9.10. The summed E-state index contributed by atoms with van der Waals surface area (Å²) in [4.78, 5) is 2.44. The van der Waals surface area contributed by atoms with Crippen molar-refractivity contribution in [2.75, 3.05) is 6.54 Å². The fraction of sp³-hybridized carbons (Fsp3) is 0.600. The van der Waals surface area contributed by atoms with Crippen molar-refractivity contribution in [2.24, 2.45) is 5.73 Å². The minimum absolute atomic E-state index is 0.175. The fourth-order valence-corrected chi connectivity index (χ4v) is 3.42. The van der Waals surface area contributed by atoms with Crippen molar-refractivity contribution < 1.29 is 4.39 Å². The molecule has 1 fully saturated rings. The van der Waals surface area contributed by atoms with E-state index in [0.29, 0.717) is 12.1 Å². The van der Waals surface area contributed by atoms with Crippen molar-refractivity contribution in [1.29, 1.82) is 0 Å². The number of rotatable bonds is 4. The van der Waals surface area contributed by atoms with Gasteiger partial charge in [0.05, 0.1) is 0 Å². The molecule has 0 aliphatic heterocycles. The molecule has 0 unspecified atom stereocenters. The van der Waals surface area contributed by atoms with Gasteiger partial charge in [0.15, 0.2) is 0 Å². The zero-order valence-corrected chi connectivity index (χ0v) is 13.0. The van der Waals surface area contributed by atoms with Gasteiger partial charge in [0.25, 0.3) is 0 Å². The predicted molar refractivity (Wildman–Crippen MR) is 80.4 cm³/mol. The highest BCUT2D eigenvalue weighted by Crippen LogP contribution is 2.24. The van der Waals surface area contributed by atoms with Gasteiger partial charge in [-0.25, -0.2) is 4.39 Å². The Balaban J connectivity index is 2.02. The average Bonchev–Trinajstić information content (AvgIpc) is 2.36. The number of halogens is 2. The van der Waals surface area contributed by atoms with Crippen molar-refractivity contribution in [3.8, 4) is 0 Å². The number of hydrogen-bond acceptors (Lipinski definition) is 2. The van der Waals surface area contributed by atoms with Crippen LogP contribution < -0.4 is 5.73 Å². The minimum Gasteiger partial charge on any atom is -0.328 e. The minimum atomic E-state index is -0.175. The van der Waals surface area contributed by atoms with Gasteiger partial charge in [0.1, 0.15) is 5.82 Å². The Hall–Kier alpha value is -0.450. The predicted octanol–water partition coefficient (Wildman–Crippen LogP) is 3.68. The first-order valence-electron chi connectivity index (χ1n) is 7.03. The summed E-state index contributed by atoms with van der Waals surface area (Å²) in [6.07, 6.45) is 4.53. The van der Waals surface area contributed by atoms with E-state index >= 15 is 0 Å². The molecular weight excluding hydrogens is 307 g/mol. The van der Waals surface area contributed by atoms with Crippen LogP contribution in [0.4, 0.5) is 4.39 Å². The molecule has 106 valence electrons. The highest BCUT2D eigenvalue weighted by Gasteiger charge is 2.23. The maximum atomic E-state index is 13.4. The summed E-state index contributed by atoms with van der Waals surface area (Å²) in [5.41, 5.74) is 6.99.